The standard InChI is InChI=1S/C13H28O4/c1-8-12(5,6)13(7,11(2,3)4)9-10(16-14)17-15/h10,14-15H,8-9H2,1-7H3. The lowest BCUT2D eigenvalue weighted by Crippen LogP contribution is -2.47. The second-order valence-corrected chi connectivity index (χ2v) is 6.66. The largest absolute Gasteiger partial charge is 0.249 e. The Labute approximate surface area is 105 Å². The molecule has 0 heterocycles. The maximum Gasteiger partial charge on any atom is 0.224 e. The minimum atomic E-state index is -1.01. The van der Waals surface area contributed by atoms with E-state index in [2.05, 4.69) is 58.2 Å². The SMILES string of the molecule is CCC(C)(C)C(C)(CC(OO)OO)C(C)(C)C. The van der Waals surface area contributed by atoms with Gasteiger partial charge >= 0.3 is 0 Å². The highest BCUT2D eigenvalue weighted by Crippen LogP contribution is 2.56. The minimum absolute atomic E-state index is 0.0121. The van der Waals surface area contributed by atoms with Gasteiger partial charge in [0.2, 0.25) is 6.29 Å². The van der Waals surface area contributed by atoms with Crippen molar-refractivity contribution in [1.29, 1.82) is 0 Å². The second-order valence-electron chi connectivity index (χ2n) is 6.66. The van der Waals surface area contributed by atoms with Gasteiger partial charge in [-0.05, 0) is 16.2 Å². The summed E-state index contributed by atoms with van der Waals surface area (Å²) in [6.07, 6.45) is 0.402. The van der Waals surface area contributed by atoms with Gasteiger partial charge in [0.1, 0.15) is 0 Å². The van der Waals surface area contributed by atoms with E-state index in [1.807, 2.05) is 0 Å². The first-order valence-electron chi connectivity index (χ1n) is 6.16. The molecular weight excluding hydrogens is 220 g/mol. The van der Waals surface area contributed by atoms with Crippen LogP contribution in [0, 0.1) is 16.2 Å². The molecule has 4 nitrogen and oxygen atoms in total. The maximum atomic E-state index is 8.71. The Balaban J connectivity index is 5.27. The van der Waals surface area contributed by atoms with E-state index in [9.17, 15) is 0 Å². The molecule has 0 saturated heterocycles. The lowest BCUT2D eigenvalue weighted by molar-refractivity contribution is -0.439. The zero-order chi connectivity index (χ0) is 13.9. The molecule has 1 unspecified atom stereocenters. The quantitative estimate of drug-likeness (QED) is 0.421. The third kappa shape index (κ3) is 3.41. The van der Waals surface area contributed by atoms with Gasteiger partial charge in [0, 0.05) is 6.42 Å². The smallest absolute Gasteiger partial charge is 0.224 e. The van der Waals surface area contributed by atoms with E-state index in [4.69, 9.17) is 10.5 Å². The summed E-state index contributed by atoms with van der Waals surface area (Å²) in [5.74, 6) is 0. The molecule has 0 rings (SSSR count). The summed E-state index contributed by atoms with van der Waals surface area (Å²) in [7, 11) is 0. The summed E-state index contributed by atoms with van der Waals surface area (Å²) in [5, 5.41) is 17.4. The first kappa shape index (κ1) is 16.8. The molecule has 0 radical (unpaired) electrons. The highest BCUT2D eigenvalue weighted by atomic mass is 17.2. The van der Waals surface area contributed by atoms with Gasteiger partial charge in [-0.25, -0.2) is 20.3 Å². The monoisotopic (exact) mass is 248 g/mol. The van der Waals surface area contributed by atoms with Crippen LogP contribution in [0.3, 0.4) is 0 Å². The van der Waals surface area contributed by atoms with Crippen molar-refractivity contribution in [3.05, 3.63) is 0 Å². The van der Waals surface area contributed by atoms with E-state index in [1.165, 1.54) is 0 Å². The first-order chi connectivity index (χ1) is 7.55. The highest BCUT2D eigenvalue weighted by molar-refractivity contribution is 4.97. The molecule has 0 bridgehead atoms. The van der Waals surface area contributed by atoms with Crippen molar-refractivity contribution in [3.8, 4) is 0 Å². The fourth-order valence-electron chi connectivity index (χ4n) is 2.41. The van der Waals surface area contributed by atoms with Gasteiger partial charge in [0.05, 0.1) is 0 Å². The van der Waals surface area contributed by atoms with E-state index < -0.39 is 6.29 Å². The molecule has 0 aromatic heterocycles. The molecule has 2 N–H and O–H groups in total. The second kappa shape index (κ2) is 5.65. The summed E-state index contributed by atoms with van der Waals surface area (Å²) in [6.45, 7) is 15.1. The Hall–Kier alpha value is -0.160. The summed E-state index contributed by atoms with van der Waals surface area (Å²) in [6, 6.07) is 0. The number of hydrogen-bond acceptors (Lipinski definition) is 4. The van der Waals surface area contributed by atoms with E-state index in [-0.39, 0.29) is 16.2 Å². The van der Waals surface area contributed by atoms with Crippen LogP contribution in [0.15, 0.2) is 0 Å². The third-order valence-corrected chi connectivity index (χ3v) is 4.84. The van der Waals surface area contributed by atoms with Crippen molar-refractivity contribution >= 4 is 0 Å². The van der Waals surface area contributed by atoms with Gasteiger partial charge in [-0.3, -0.25) is 0 Å². The molecule has 0 aliphatic rings. The lowest BCUT2D eigenvalue weighted by Gasteiger charge is -2.53. The molecule has 0 fully saturated rings. The normalized spacial score (nSPS) is 17.3. The van der Waals surface area contributed by atoms with Crippen LogP contribution in [0.1, 0.15) is 61.3 Å². The topological polar surface area (TPSA) is 58.9 Å². The van der Waals surface area contributed by atoms with E-state index >= 15 is 0 Å². The minimum Gasteiger partial charge on any atom is -0.249 e. The molecule has 0 aliphatic carbocycles. The molecule has 0 aromatic rings. The predicted molar refractivity (Wildman–Crippen MR) is 67.5 cm³/mol. The van der Waals surface area contributed by atoms with Crippen LogP contribution in [-0.2, 0) is 9.78 Å². The molecule has 0 aliphatic heterocycles. The third-order valence-electron chi connectivity index (χ3n) is 4.84. The molecular formula is C13H28O4. The van der Waals surface area contributed by atoms with Gasteiger partial charge < -0.3 is 0 Å². The molecule has 17 heavy (non-hydrogen) atoms. The van der Waals surface area contributed by atoms with Crippen molar-refractivity contribution in [2.24, 2.45) is 16.2 Å². The van der Waals surface area contributed by atoms with Crippen molar-refractivity contribution in [3.63, 3.8) is 0 Å². The Bertz CT molecular complexity index is 228. The van der Waals surface area contributed by atoms with Crippen LogP contribution < -0.4 is 0 Å². The summed E-state index contributed by atoms with van der Waals surface area (Å²) < 4.78 is 0. The first-order valence-corrected chi connectivity index (χ1v) is 6.16. The van der Waals surface area contributed by atoms with Crippen molar-refractivity contribution in [2.45, 2.75) is 67.6 Å². The fourth-order valence-corrected chi connectivity index (χ4v) is 2.41. The lowest BCUT2D eigenvalue weighted by atomic mass is 9.52. The van der Waals surface area contributed by atoms with Crippen LogP contribution >= 0.6 is 0 Å². The van der Waals surface area contributed by atoms with Gasteiger partial charge in [-0.1, -0.05) is 54.9 Å². The molecule has 104 valence electrons. The van der Waals surface area contributed by atoms with Gasteiger partial charge in [0.25, 0.3) is 0 Å². The average molecular weight is 248 g/mol. The van der Waals surface area contributed by atoms with E-state index in [0.29, 0.717) is 6.42 Å². The summed E-state index contributed by atoms with van der Waals surface area (Å²) >= 11 is 0. The summed E-state index contributed by atoms with van der Waals surface area (Å²) in [5.41, 5.74) is -0.146. The molecule has 0 amide bonds. The highest BCUT2D eigenvalue weighted by Gasteiger charge is 2.49. The van der Waals surface area contributed by atoms with Gasteiger partial charge in [-0.2, -0.15) is 0 Å². The molecule has 0 aromatic carbocycles. The van der Waals surface area contributed by atoms with Crippen LogP contribution in [0.5, 0.6) is 0 Å². The van der Waals surface area contributed by atoms with Gasteiger partial charge in [0.15, 0.2) is 0 Å². The van der Waals surface area contributed by atoms with Crippen molar-refractivity contribution in [2.75, 3.05) is 0 Å². The Morgan fingerprint density at radius 1 is 0.941 bits per heavy atom. The van der Waals surface area contributed by atoms with E-state index in [1.54, 1.807) is 0 Å². The molecule has 1 atom stereocenters. The Morgan fingerprint density at radius 3 is 1.59 bits per heavy atom. The van der Waals surface area contributed by atoms with Crippen LogP contribution in [0.2, 0.25) is 0 Å². The molecule has 0 saturated carbocycles. The molecule has 0 spiro atoms. The van der Waals surface area contributed by atoms with Crippen LogP contribution in [0.25, 0.3) is 0 Å². The zero-order valence-electron chi connectivity index (χ0n) is 12.2. The zero-order valence-corrected chi connectivity index (χ0v) is 12.2. The maximum absolute atomic E-state index is 8.71. The fraction of sp³-hybridized carbons (Fsp3) is 1.00. The van der Waals surface area contributed by atoms with Crippen LogP contribution in [-0.4, -0.2) is 16.8 Å². The Morgan fingerprint density at radius 2 is 1.35 bits per heavy atom. The summed E-state index contributed by atoms with van der Waals surface area (Å²) in [4.78, 5) is 8.32. The number of hydrogen-bond donors (Lipinski definition) is 2. The van der Waals surface area contributed by atoms with Crippen molar-refractivity contribution < 1.29 is 20.3 Å². The van der Waals surface area contributed by atoms with Crippen LogP contribution in [0.4, 0.5) is 0 Å². The number of rotatable bonds is 6. The predicted octanol–water partition coefficient (Wildman–Crippen LogP) is 4.17. The Kier molecular flexibility index (Phi) is 5.60. The van der Waals surface area contributed by atoms with Crippen molar-refractivity contribution in [1.82, 2.24) is 0 Å². The average Bonchev–Trinajstić information content (AvgIpc) is 2.23. The van der Waals surface area contributed by atoms with E-state index in [0.717, 1.165) is 6.42 Å². The van der Waals surface area contributed by atoms with Gasteiger partial charge in [-0.15, -0.1) is 0 Å². The molecule has 4 heteroatoms.